The first-order valence-electron chi connectivity index (χ1n) is 10.5. The number of hydrogen-bond acceptors (Lipinski definition) is 3. The lowest BCUT2D eigenvalue weighted by molar-refractivity contribution is 0.0715. The van der Waals surface area contributed by atoms with Crippen molar-refractivity contribution in [3.05, 3.63) is 65.2 Å². The van der Waals surface area contributed by atoms with E-state index in [1.807, 2.05) is 18.2 Å². The summed E-state index contributed by atoms with van der Waals surface area (Å²) in [6.45, 7) is 4.75. The van der Waals surface area contributed by atoms with E-state index >= 15 is 0 Å². The van der Waals surface area contributed by atoms with Crippen LogP contribution in [0.25, 0.3) is 0 Å². The summed E-state index contributed by atoms with van der Waals surface area (Å²) in [5, 5.41) is 0.523. The second kappa shape index (κ2) is 10.1. The molecule has 0 heterocycles. The summed E-state index contributed by atoms with van der Waals surface area (Å²) < 4.78 is 28.6. The van der Waals surface area contributed by atoms with Crippen molar-refractivity contribution in [1.82, 2.24) is 9.62 Å². The van der Waals surface area contributed by atoms with Crippen LogP contribution in [-0.4, -0.2) is 31.9 Å². The molecule has 3 rings (SSSR count). The van der Waals surface area contributed by atoms with Gasteiger partial charge in [-0.15, -0.1) is 0 Å². The zero-order valence-electron chi connectivity index (χ0n) is 17.2. The Labute approximate surface area is 180 Å². The van der Waals surface area contributed by atoms with Gasteiger partial charge in [0.05, 0.1) is 4.90 Å². The van der Waals surface area contributed by atoms with Crippen LogP contribution >= 0.6 is 11.6 Å². The van der Waals surface area contributed by atoms with E-state index in [-0.39, 0.29) is 10.9 Å². The summed E-state index contributed by atoms with van der Waals surface area (Å²) in [6.07, 6.45) is 6.12. The van der Waals surface area contributed by atoms with Gasteiger partial charge in [0.1, 0.15) is 0 Å². The molecule has 0 bridgehead atoms. The van der Waals surface area contributed by atoms with Crippen LogP contribution in [0.3, 0.4) is 0 Å². The highest BCUT2D eigenvalue weighted by atomic mass is 35.5. The first kappa shape index (κ1) is 22.3. The predicted molar refractivity (Wildman–Crippen MR) is 120 cm³/mol. The smallest absolute Gasteiger partial charge is 0.240 e. The van der Waals surface area contributed by atoms with Crippen molar-refractivity contribution in [2.45, 2.75) is 69.0 Å². The van der Waals surface area contributed by atoms with E-state index in [9.17, 15) is 8.42 Å². The van der Waals surface area contributed by atoms with Crippen LogP contribution in [0.5, 0.6) is 0 Å². The molecule has 29 heavy (non-hydrogen) atoms. The zero-order chi connectivity index (χ0) is 20.9. The highest BCUT2D eigenvalue weighted by molar-refractivity contribution is 7.89. The standard InChI is InChI=1S/C23H31ClN2O2S/c1-18(2)26(21-11-7-4-8-12-21)23(19-9-5-3-6-10-19)17-25-29(27,28)22-15-13-20(24)14-16-22/h3,5-6,9-10,13-16,18,21,23,25H,4,7-8,11-12,17H2,1-2H3/t23-/m0/s1. The van der Waals surface area contributed by atoms with Crippen LogP contribution in [0.2, 0.25) is 5.02 Å². The third-order valence-electron chi connectivity index (χ3n) is 5.73. The summed E-state index contributed by atoms with van der Waals surface area (Å²) in [5.74, 6) is 0. The molecule has 2 aromatic carbocycles. The Kier molecular flexibility index (Phi) is 7.74. The zero-order valence-corrected chi connectivity index (χ0v) is 18.8. The predicted octanol–water partition coefficient (Wildman–Crippen LogP) is 5.40. The molecule has 0 amide bonds. The summed E-state index contributed by atoms with van der Waals surface area (Å²) in [5.41, 5.74) is 1.14. The Hall–Kier alpha value is -1.40. The monoisotopic (exact) mass is 434 g/mol. The number of rotatable bonds is 8. The summed E-state index contributed by atoms with van der Waals surface area (Å²) in [7, 11) is -3.61. The Bertz CT molecular complexity index is 864. The SMILES string of the molecule is CC(C)N(C1CCCCC1)[C@@H](CNS(=O)(=O)c1ccc(Cl)cc1)c1ccccc1. The Morgan fingerprint density at radius 1 is 1.00 bits per heavy atom. The van der Waals surface area contributed by atoms with Crippen LogP contribution in [0.15, 0.2) is 59.5 Å². The molecule has 1 aliphatic carbocycles. The third-order valence-corrected chi connectivity index (χ3v) is 7.42. The average molecular weight is 435 g/mol. The topological polar surface area (TPSA) is 49.4 Å². The van der Waals surface area contributed by atoms with E-state index in [4.69, 9.17) is 11.6 Å². The Morgan fingerprint density at radius 3 is 2.21 bits per heavy atom. The van der Waals surface area contributed by atoms with Gasteiger partial charge >= 0.3 is 0 Å². The van der Waals surface area contributed by atoms with E-state index in [1.165, 1.54) is 32.1 Å². The van der Waals surface area contributed by atoms with E-state index in [0.717, 1.165) is 5.56 Å². The van der Waals surface area contributed by atoms with Gasteiger partial charge in [-0.1, -0.05) is 61.2 Å². The lowest BCUT2D eigenvalue weighted by Gasteiger charge is -2.43. The minimum absolute atomic E-state index is 0.0126. The number of hydrogen-bond donors (Lipinski definition) is 1. The fourth-order valence-electron chi connectivity index (χ4n) is 4.37. The molecule has 0 aliphatic heterocycles. The molecule has 1 N–H and O–H groups in total. The molecule has 1 fully saturated rings. The van der Waals surface area contributed by atoms with Crippen molar-refractivity contribution in [2.75, 3.05) is 6.54 Å². The molecule has 0 radical (unpaired) electrons. The van der Waals surface area contributed by atoms with Gasteiger partial charge < -0.3 is 0 Å². The molecule has 2 aromatic rings. The number of benzene rings is 2. The van der Waals surface area contributed by atoms with Crippen molar-refractivity contribution in [3.8, 4) is 0 Å². The molecule has 1 aliphatic rings. The van der Waals surface area contributed by atoms with Crippen LogP contribution in [0.4, 0.5) is 0 Å². The van der Waals surface area contributed by atoms with Gasteiger partial charge in [-0.05, 0) is 56.5 Å². The Balaban J connectivity index is 1.86. The minimum Gasteiger partial charge on any atom is -0.290 e. The number of halogens is 1. The molecule has 4 nitrogen and oxygen atoms in total. The van der Waals surface area contributed by atoms with Gasteiger partial charge in [0, 0.05) is 29.7 Å². The number of sulfonamides is 1. The number of nitrogens with zero attached hydrogens (tertiary/aromatic N) is 1. The van der Waals surface area contributed by atoms with Crippen LogP contribution in [-0.2, 0) is 10.0 Å². The van der Waals surface area contributed by atoms with Gasteiger partial charge in [0.2, 0.25) is 10.0 Å². The van der Waals surface area contributed by atoms with E-state index in [1.54, 1.807) is 24.3 Å². The van der Waals surface area contributed by atoms with E-state index in [0.29, 0.717) is 23.7 Å². The highest BCUT2D eigenvalue weighted by Crippen LogP contribution is 2.32. The van der Waals surface area contributed by atoms with Gasteiger partial charge in [-0.3, -0.25) is 4.90 Å². The Morgan fingerprint density at radius 2 is 1.62 bits per heavy atom. The fourth-order valence-corrected chi connectivity index (χ4v) is 5.54. The quantitative estimate of drug-likeness (QED) is 0.604. The highest BCUT2D eigenvalue weighted by Gasteiger charge is 2.31. The minimum atomic E-state index is -3.61. The molecular formula is C23H31ClN2O2S. The van der Waals surface area contributed by atoms with Crippen LogP contribution in [0, 0.1) is 0 Å². The maximum Gasteiger partial charge on any atom is 0.240 e. The molecule has 0 aromatic heterocycles. The summed E-state index contributed by atoms with van der Waals surface area (Å²) >= 11 is 5.91. The lowest BCUT2D eigenvalue weighted by atomic mass is 9.90. The maximum absolute atomic E-state index is 12.9. The fraction of sp³-hybridized carbons (Fsp3) is 0.478. The molecule has 158 valence electrons. The second-order valence-corrected chi connectivity index (χ2v) is 10.3. The first-order chi connectivity index (χ1) is 13.9. The third kappa shape index (κ3) is 5.82. The maximum atomic E-state index is 12.9. The van der Waals surface area contributed by atoms with Crippen molar-refractivity contribution in [1.29, 1.82) is 0 Å². The van der Waals surface area contributed by atoms with Crippen molar-refractivity contribution >= 4 is 21.6 Å². The average Bonchev–Trinajstić information content (AvgIpc) is 2.72. The molecule has 1 atom stereocenters. The first-order valence-corrected chi connectivity index (χ1v) is 12.3. The van der Waals surface area contributed by atoms with Crippen molar-refractivity contribution in [2.24, 2.45) is 0 Å². The second-order valence-electron chi connectivity index (χ2n) is 8.07. The van der Waals surface area contributed by atoms with Gasteiger partial charge in [-0.2, -0.15) is 0 Å². The van der Waals surface area contributed by atoms with Gasteiger partial charge in [-0.25, -0.2) is 13.1 Å². The largest absolute Gasteiger partial charge is 0.290 e. The normalized spacial score (nSPS) is 17.0. The molecule has 1 saturated carbocycles. The summed E-state index contributed by atoms with van der Waals surface area (Å²) in [6, 6.07) is 17.3. The number of nitrogens with one attached hydrogen (secondary N) is 1. The van der Waals surface area contributed by atoms with Crippen molar-refractivity contribution in [3.63, 3.8) is 0 Å². The molecule has 0 unspecified atom stereocenters. The van der Waals surface area contributed by atoms with Gasteiger partial charge in [0.25, 0.3) is 0 Å². The van der Waals surface area contributed by atoms with E-state index in [2.05, 4.69) is 35.6 Å². The van der Waals surface area contributed by atoms with Crippen LogP contribution < -0.4 is 4.72 Å². The van der Waals surface area contributed by atoms with Crippen LogP contribution in [0.1, 0.15) is 57.6 Å². The molecule has 6 heteroatoms. The molecule has 0 spiro atoms. The van der Waals surface area contributed by atoms with E-state index < -0.39 is 10.0 Å². The molecular weight excluding hydrogens is 404 g/mol. The molecule has 0 saturated heterocycles. The lowest BCUT2D eigenvalue weighted by Crippen LogP contribution is -2.47. The van der Waals surface area contributed by atoms with Crippen molar-refractivity contribution < 1.29 is 8.42 Å². The van der Waals surface area contributed by atoms with Gasteiger partial charge in [0.15, 0.2) is 0 Å². The summed E-state index contributed by atoms with van der Waals surface area (Å²) in [4.78, 5) is 2.75.